The minimum atomic E-state index is 0.136. The van der Waals surface area contributed by atoms with Crippen molar-refractivity contribution in [2.45, 2.75) is 32.5 Å². The summed E-state index contributed by atoms with van der Waals surface area (Å²) in [5.74, 6) is 0. The zero-order valence-electron chi connectivity index (χ0n) is 11.0. The first kappa shape index (κ1) is 14.4. The lowest BCUT2D eigenvalue weighted by molar-refractivity contribution is 0.413. The highest BCUT2D eigenvalue weighted by Crippen LogP contribution is 2.26. The van der Waals surface area contributed by atoms with Crippen LogP contribution in [0.5, 0.6) is 0 Å². The molecule has 0 aliphatic carbocycles. The van der Waals surface area contributed by atoms with Gasteiger partial charge in [-0.1, -0.05) is 23.2 Å². The van der Waals surface area contributed by atoms with Crippen molar-refractivity contribution < 1.29 is 0 Å². The highest BCUT2D eigenvalue weighted by molar-refractivity contribution is 6.33. The van der Waals surface area contributed by atoms with E-state index in [2.05, 4.69) is 24.3 Å². The van der Waals surface area contributed by atoms with Crippen molar-refractivity contribution in [3.8, 4) is 0 Å². The molecule has 2 atom stereocenters. The van der Waals surface area contributed by atoms with Crippen molar-refractivity contribution in [1.82, 2.24) is 15.1 Å². The molecule has 102 valence electrons. The molecule has 0 spiro atoms. The van der Waals surface area contributed by atoms with E-state index >= 15 is 0 Å². The van der Waals surface area contributed by atoms with Crippen molar-refractivity contribution in [3.05, 3.63) is 52.3 Å². The first-order valence-electron chi connectivity index (χ1n) is 6.24. The molecule has 1 heterocycles. The van der Waals surface area contributed by atoms with Crippen LogP contribution >= 0.6 is 23.2 Å². The molecular formula is C14H17Cl2N3. The highest BCUT2D eigenvalue weighted by atomic mass is 35.5. The number of halogens is 2. The summed E-state index contributed by atoms with van der Waals surface area (Å²) < 4.78 is 1.91. The summed E-state index contributed by atoms with van der Waals surface area (Å²) in [6, 6.07) is 7.87. The predicted octanol–water partition coefficient (Wildman–Crippen LogP) is 3.93. The van der Waals surface area contributed by atoms with Crippen LogP contribution in [0.15, 0.2) is 36.7 Å². The van der Waals surface area contributed by atoms with Crippen LogP contribution < -0.4 is 5.32 Å². The number of benzene rings is 1. The maximum Gasteiger partial charge on any atom is 0.0560 e. The Hall–Kier alpha value is -1.03. The highest BCUT2D eigenvalue weighted by Gasteiger charge is 2.13. The lowest BCUT2D eigenvalue weighted by Gasteiger charge is -2.21. The van der Waals surface area contributed by atoms with Crippen molar-refractivity contribution in [2.24, 2.45) is 0 Å². The Kier molecular flexibility index (Phi) is 4.86. The van der Waals surface area contributed by atoms with Crippen molar-refractivity contribution in [2.75, 3.05) is 0 Å². The van der Waals surface area contributed by atoms with Crippen molar-refractivity contribution >= 4 is 23.2 Å². The van der Waals surface area contributed by atoms with Gasteiger partial charge in [-0.15, -0.1) is 0 Å². The number of nitrogens with one attached hydrogen (secondary N) is 1. The fourth-order valence-corrected chi connectivity index (χ4v) is 2.57. The summed E-state index contributed by atoms with van der Waals surface area (Å²) in [7, 11) is 0. The fourth-order valence-electron chi connectivity index (χ4n) is 2.10. The summed E-state index contributed by atoms with van der Waals surface area (Å²) in [5, 5.41) is 9.13. The predicted molar refractivity (Wildman–Crippen MR) is 79.7 cm³/mol. The zero-order valence-corrected chi connectivity index (χ0v) is 12.5. The molecule has 0 fully saturated rings. The van der Waals surface area contributed by atoms with Gasteiger partial charge >= 0.3 is 0 Å². The SMILES string of the molecule is CC(Cn1cccn1)NC(C)c1cc(Cl)ccc1Cl. The second kappa shape index (κ2) is 6.42. The Morgan fingerprint density at radius 1 is 1.32 bits per heavy atom. The molecule has 1 N–H and O–H groups in total. The van der Waals surface area contributed by atoms with Crippen LogP contribution in [0.4, 0.5) is 0 Å². The topological polar surface area (TPSA) is 29.9 Å². The molecule has 2 unspecified atom stereocenters. The normalized spacial score (nSPS) is 14.3. The molecule has 2 aromatic rings. The first-order valence-corrected chi connectivity index (χ1v) is 7.00. The van der Waals surface area contributed by atoms with E-state index in [4.69, 9.17) is 23.2 Å². The molecule has 2 rings (SSSR count). The van der Waals surface area contributed by atoms with E-state index in [0.717, 1.165) is 17.1 Å². The second-order valence-corrected chi connectivity index (χ2v) is 5.53. The average molecular weight is 298 g/mol. The Labute approximate surface area is 123 Å². The lowest BCUT2D eigenvalue weighted by atomic mass is 10.1. The largest absolute Gasteiger partial charge is 0.306 e. The molecule has 0 aliphatic heterocycles. The van der Waals surface area contributed by atoms with Gasteiger partial charge in [-0.25, -0.2) is 0 Å². The van der Waals surface area contributed by atoms with Gasteiger partial charge < -0.3 is 5.32 Å². The third-order valence-electron chi connectivity index (χ3n) is 2.98. The number of hydrogen-bond acceptors (Lipinski definition) is 2. The fraction of sp³-hybridized carbons (Fsp3) is 0.357. The molecule has 1 aromatic heterocycles. The molecule has 0 aliphatic rings. The number of hydrogen-bond donors (Lipinski definition) is 1. The van der Waals surface area contributed by atoms with Crippen LogP contribution in [-0.4, -0.2) is 15.8 Å². The minimum Gasteiger partial charge on any atom is -0.306 e. The van der Waals surface area contributed by atoms with E-state index < -0.39 is 0 Å². The van der Waals surface area contributed by atoms with Gasteiger partial charge in [0.2, 0.25) is 0 Å². The van der Waals surface area contributed by atoms with E-state index in [1.54, 1.807) is 12.3 Å². The van der Waals surface area contributed by atoms with Crippen LogP contribution in [0.25, 0.3) is 0 Å². The van der Waals surface area contributed by atoms with Gasteiger partial charge in [0, 0.05) is 34.5 Å². The molecule has 0 radical (unpaired) electrons. The van der Waals surface area contributed by atoms with E-state index in [1.807, 2.05) is 29.1 Å². The van der Waals surface area contributed by atoms with Gasteiger partial charge in [0.25, 0.3) is 0 Å². The molecular weight excluding hydrogens is 281 g/mol. The molecule has 0 amide bonds. The number of aromatic nitrogens is 2. The van der Waals surface area contributed by atoms with Crippen LogP contribution in [0.3, 0.4) is 0 Å². The monoisotopic (exact) mass is 297 g/mol. The smallest absolute Gasteiger partial charge is 0.0560 e. The van der Waals surface area contributed by atoms with Crippen LogP contribution in [0, 0.1) is 0 Å². The minimum absolute atomic E-state index is 0.136. The maximum absolute atomic E-state index is 6.20. The third kappa shape index (κ3) is 3.96. The van der Waals surface area contributed by atoms with E-state index in [1.165, 1.54) is 0 Å². The molecule has 0 bridgehead atoms. The quantitative estimate of drug-likeness (QED) is 0.906. The summed E-state index contributed by atoms with van der Waals surface area (Å²) in [4.78, 5) is 0. The van der Waals surface area contributed by atoms with Gasteiger partial charge in [-0.2, -0.15) is 5.10 Å². The molecule has 0 saturated heterocycles. The Balaban J connectivity index is 2.00. The molecule has 0 saturated carbocycles. The average Bonchev–Trinajstić information content (AvgIpc) is 2.84. The number of nitrogens with zero attached hydrogens (tertiary/aromatic N) is 2. The van der Waals surface area contributed by atoms with Crippen LogP contribution in [0.1, 0.15) is 25.5 Å². The second-order valence-electron chi connectivity index (χ2n) is 4.68. The Morgan fingerprint density at radius 2 is 2.11 bits per heavy atom. The molecule has 5 heteroatoms. The van der Waals surface area contributed by atoms with E-state index in [9.17, 15) is 0 Å². The summed E-state index contributed by atoms with van der Waals surface area (Å²) in [6.45, 7) is 5.02. The van der Waals surface area contributed by atoms with Gasteiger partial charge in [-0.05, 0) is 43.7 Å². The van der Waals surface area contributed by atoms with E-state index in [0.29, 0.717) is 5.02 Å². The summed E-state index contributed by atoms with van der Waals surface area (Å²) in [5.41, 5.74) is 1.02. The van der Waals surface area contributed by atoms with Crippen LogP contribution in [-0.2, 0) is 6.54 Å². The molecule has 1 aromatic carbocycles. The Morgan fingerprint density at radius 3 is 2.79 bits per heavy atom. The molecule has 3 nitrogen and oxygen atoms in total. The van der Waals surface area contributed by atoms with Crippen molar-refractivity contribution in [3.63, 3.8) is 0 Å². The van der Waals surface area contributed by atoms with Crippen LogP contribution in [0.2, 0.25) is 10.0 Å². The first-order chi connectivity index (χ1) is 9.06. The van der Waals surface area contributed by atoms with Gasteiger partial charge in [0.05, 0.1) is 6.54 Å². The zero-order chi connectivity index (χ0) is 13.8. The summed E-state index contributed by atoms with van der Waals surface area (Å²) >= 11 is 12.2. The van der Waals surface area contributed by atoms with Gasteiger partial charge in [0.15, 0.2) is 0 Å². The van der Waals surface area contributed by atoms with Crippen molar-refractivity contribution in [1.29, 1.82) is 0 Å². The summed E-state index contributed by atoms with van der Waals surface area (Å²) in [6.07, 6.45) is 3.74. The van der Waals surface area contributed by atoms with Gasteiger partial charge in [-0.3, -0.25) is 4.68 Å². The van der Waals surface area contributed by atoms with E-state index in [-0.39, 0.29) is 12.1 Å². The lowest BCUT2D eigenvalue weighted by Crippen LogP contribution is -2.32. The van der Waals surface area contributed by atoms with Gasteiger partial charge in [0.1, 0.15) is 0 Å². The maximum atomic E-state index is 6.20. The number of rotatable bonds is 5. The third-order valence-corrected chi connectivity index (χ3v) is 3.56. The Bertz CT molecular complexity index is 525. The molecule has 19 heavy (non-hydrogen) atoms. The standard InChI is InChI=1S/C14H17Cl2N3/c1-10(9-19-7-3-6-17-19)18-11(2)13-8-12(15)4-5-14(13)16/h3-8,10-11,18H,9H2,1-2H3.